The van der Waals surface area contributed by atoms with E-state index in [-0.39, 0.29) is 26.5 Å². The molecule has 0 radical (unpaired) electrons. The number of piperazine rings is 1. The van der Waals surface area contributed by atoms with Crippen LogP contribution in [0, 0.1) is 21.4 Å². The third-order valence-corrected chi connectivity index (χ3v) is 9.05. The molecule has 9 nitrogen and oxygen atoms in total. The van der Waals surface area contributed by atoms with E-state index in [1.54, 1.807) is 47.4 Å². The molecule has 10 heteroatoms. The largest absolute Gasteiger partial charge is 0.335 e. The van der Waals surface area contributed by atoms with Crippen LogP contribution in [0.4, 0.5) is 5.69 Å². The van der Waals surface area contributed by atoms with Gasteiger partial charge in [-0.3, -0.25) is 29.2 Å². The molecule has 46 heavy (non-hydrogen) atoms. The molecular weight excluding hydrogens is 598 g/mol. The Balaban J connectivity index is 1.36. The highest BCUT2D eigenvalue weighted by Gasteiger charge is 2.30. The summed E-state index contributed by atoms with van der Waals surface area (Å²) in [6.45, 7) is 2.02. The van der Waals surface area contributed by atoms with Crippen LogP contribution in [0.1, 0.15) is 22.7 Å². The van der Waals surface area contributed by atoms with E-state index in [9.17, 15) is 25.0 Å². The third-order valence-electron chi connectivity index (χ3n) is 7.95. The number of para-hydroxylation sites is 1. The first kappa shape index (κ1) is 30.4. The van der Waals surface area contributed by atoms with E-state index in [0.29, 0.717) is 37.4 Å². The standard InChI is InChI=1S/C36H29N5O4S/c37-25-31(34(42)39-21-19-38(20-22-39)33(27-12-4-1-5-13-27)28-14-6-2-7-15-28)36-40(29-16-8-3-9-17-29)35(43)32(46-36)24-26-11-10-18-30(23-26)41(44)45/h1-18,23-24,33H,19-22H2/b32-24+,36-31-. The molecule has 0 spiro atoms. The van der Waals surface area contributed by atoms with Crippen LogP contribution < -0.4 is 14.8 Å². The second-order valence-corrected chi connectivity index (χ2v) is 11.8. The van der Waals surface area contributed by atoms with Gasteiger partial charge in [0.25, 0.3) is 17.2 Å². The van der Waals surface area contributed by atoms with Crippen LogP contribution in [0.15, 0.2) is 120 Å². The van der Waals surface area contributed by atoms with E-state index >= 15 is 0 Å². The summed E-state index contributed by atoms with van der Waals surface area (Å²) in [7, 11) is 0. The molecular formula is C36H29N5O4S. The van der Waals surface area contributed by atoms with Crippen molar-refractivity contribution in [2.75, 3.05) is 26.2 Å². The van der Waals surface area contributed by atoms with Crippen LogP contribution in [0.5, 0.6) is 0 Å². The number of nitrogens with zero attached hydrogens (tertiary/aromatic N) is 5. The van der Waals surface area contributed by atoms with Gasteiger partial charge < -0.3 is 4.90 Å². The van der Waals surface area contributed by atoms with Gasteiger partial charge in [-0.25, -0.2) is 0 Å². The van der Waals surface area contributed by atoms with Gasteiger partial charge in [0.05, 0.1) is 21.2 Å². The van der Waals surface area contributed by atoms with Gasteiger partial charge >= 0.3 is 0 Å². The lowest BCUT2D eigenvalue weighted by Crippen LogP contribution is -2.50. The van der Waals surface area contributed by atoms with Gasteiger partial charge in [0.2, 0.25) is 0 Å². The average molecular weight is 628 g/mol. The number of non-ortho nitro benzene ring substituents is 1. The molecule has 1 aromatic heterocycles. The van der Waals surface area contributed by atoms with E-state index in [2.05, 4.69) is 35.2 Å². The van der Waals surface area contributed by atoms with Gasteiger partial charge in [0.15, 0.2) is 5.57 Å². The molecule has 228 valence electrons. The van der Waals surface area contributed by atoms with Crippen molar-refractivity contribution >= 4 is 34.6 Å². The lowest BCUT2D eigenvalue weighted by Gasteiger charge is -2.39. The summed E-state index contributed by atoms with van der Waals surface area (Å²) in [6, 6.07) is 37.4. The summed E-state index contributed by atoms with van der Waals surface area (Å²) in [5.74, 6) is -0.439. The number of aromatic nitrogens is 1. The van der Waals surface area contributed by atoms with Crippen molar-refractivity contribution in [3.63, 3.8) is 0 Å². The minimum atomic E-state index is -0.499. The highest BCUT2D eigenvalue weighted by molar-refractivity contribution is 7.07. The topological polar surface area (TPSA) is 112 Å². The quantitative estimate of drug-likeness (QED) is 0.197. The van der Waals surface area contributed by atoms with Crippen LogP contribution in [-0.2, 0) is 4.79 Å². The molecule has 1 fully saturated rings. The molecule has 0 N–H and O–H groups in total. The second-order valence-electron chi connectivity index (χ2n) is 10.8. The molecule has 0 saturated carbocycles. The maximum Gasteiger partial charge on any atom is 0.273 e. The van der Waals surface area contributed by atoms with Gasteiger partial charge in [-0.2, -0.15) is 5.26 Å². The molecule has 1 aliphatic heterocycles. The third kappa shape index (κ3) is 6.28. The van der Waals surface area contributed by atoms with E-state index in [0.717, 1.165) is 22.5 Å². The maximum absolute atomic E-state index is 14.0. The molecule has 0 bridgehead atoms. The van der Waals surface area contributed by atoms with E-state index in [1.807, 2.05) is 42.5 Å². The Kier molecular flexibility index (Phi) is 8.96. The minimum Gasteiger partial charge on any atom is -0.335 e. The van der Waals surface area contributed by atoms with Crippen molar-refractivity contribution in [1.82, 2.24) is 14.4 Å². The number of carbonyl (C=O) groups excluding carboxylic acids is 1. The molecule has 0 aliphatic carbocycles. The van der Waals surface area contributed by atoms with E-state index < -0.39 is 16.4 Å². The second kappa shape index (κ2) is 13.6. The molecule has 4 aromatic carbocycles. The van der Waals surface area contributed by atoms with Crippen LogP contribution in [0.3, 0.4) is 0 Å². The number of rotatable bonds is 7. The summed E-state index contributed by atoms with van der Waals surface area (Å²) in [5, 5.41) is 21.7. The highest BCUT2D eigenvalue weighted by atomic mass is 32.1. The van der Waals surface area contributed by atoms with E-state index in [1.165, 1.54) is 16.7 Å². The number of amides is 1. The van der Waals surface area contributed by atoms with Crippen molar-refractivity contribution in [3.8, 4) is 11.8 Å². The lowest BCUT2D eigenvalue weighted by atomic mass is 9.96. The SMILES string of the molecule is N#C/C(C(=O)N1CCN(C(c2ccccc2)c2ccccc2)CC1)=c1/s/c(=C/c2cccc([N+](=O)[O-])c2)c(=O)n1-c1ccccc1. The average Bonchev–Trinajstić information content (AvgIpc) is 3.41. The molecule has 1 aliphatic rings. The first-order valence-electron chi connectivity index (χ1n) is 14.8. The molecule has 1 amide bonds. The van der Waals surface area contributed by atoms with Gasteiger partial charge in [-0.1, -0.05) is 91.0 Å². The number of thiazole rings is 1. The Hall–Kier alpha value is -5.63. The monoisotopic (exact) mass is 627 g/mol. The van der Waals surface area contributed by atoms with Crippen molar-refractivity contribution in [1.29, 1.82) is 5.26 Å². The summed E-state index contributed by atoms with van der Waals surface area (Å²) in [6.07, 6.45) is 1.55. The van der Waals surface area contributed by atoms with E-state index in [4.69, 9.17) is 0 Å². The predicted molar refractivity (Wildman–Crippen MR) is 178 cm³/mol. The van der Waals surface area contributed by atoms with Crippen molar-refractivity contribution in [3.05, 3.63) is 162 Å². The molecule has 6 rings (SSSR count). The Morgan fingerprint density at radius 3 is 2.00 bits per heavy atom. The normalized spacial score (nSPS) is 14.6. The van der Waals surface area contributed by atoms with Crippen molar-refractivity contribution in [2.45, 2.75) is 6.04 Å². The van der Waals surface area contributed by atoms with Crippen molar-refractivity contribution in [2.24, 2.45) is 0 Å². The molecule has 2 heterocycles. The summed E-state index contributed by atoms with van der Waals surface area (Å²) < 4.78 is 1.84. The number of nitriles is 1. The van der Waals surface area contributed by atoms with Crippen LogP contribution in [-0.4, -0.2) is 51.4 Å². The summed E-state index contributed by atoms with van der Waals surface area (Å²) in [5.41, 5.74) is 2.65. The molecule has 0 unspecified atom stereocenters. The van der Waals surface area contributed by atoms with Gasteiger partial charge in [0, 0.05) is 38.3 Å². The fourth-order valence-corrected chi connectivity index (χ4v) is 6.85. The predicted octanol–water partition coefficient (Wildman–Crippen LogP) is 4.24. The molecule has 0 atom stereocenters. The van der Waals surface area contributed by atoms with Crippen molar-refractivity contribution < 1.29 is 9.72 Å². The number of hydrogen-bond donors (Lipinski definition) is 0. The number of nitro benzene ring substituents is 1. The zero-order valence-corrected chi connectivity index (χ0v) is 25.5. The number of benzene rings is 4. The Labute approximate surface area is 269 Å². The van der Waals surface area contributed by atoms with Crippen LogP contribution in [0.2, 0.25) is 0 Å². The Bertz CT molecular complexity index is 2060. The smallest absolute Gasteiger partial charge is 0.273 e. The number of nitro groups is 1. The zero-order chi connectivity index (χ0) is 32.0. The van der Waals surface area contributed by atoms with Crippen LogP contribution in [0.25, 0.3) is 17.3 Å². The first-order chi connectivity index (χ1) is 22.4. The lowest BCUT2D eigenvalue weighted by molar-refractivity contribution is -0.384. The fraction of sp³-hybridized carbons (Fsp3) is 0.139. The number of hydrogen-bond acceptors (Lipinski definition) is 7. The Morgan fingerprint density at radius 1 is 0.848 bits per heavy atom. The van der Waals surface area contributed by atoms with Gasteiger partial charge in [-0.05, 0) is 34.9 Å². The number of carbonyl (C=O) groups is 1. The maximum atomic E-state index is 14.0. The first-order valence-corrected chi connectivity index (χ1v) is 15.6. The summed E-state index contributed by atoms with van der Waals surface area (Å²) >= 11 is 1.02. The zero-order valence-electron chi connectivity index (χ0n) is 24.7. The van der Waals surface area contributed by atoms with Crippen LogP contribution >= 0.6 is 11.3 Å². The van der Waals surface area contributed by atoms with Gasteiger partial charge in [-0.15, -0.1) is 11.3 Å². The summed E-state index contributed by atoms with van der Waals surface area (Å²) in [4.78, 5) is 42.6. The Morgan fingerprint density at radius 2 is 1.43 bits per heavy atom. The fourth-order valence-electron chi connectivity index (χ4n) is 5.75. The highest BCUT2D eigenvalue weighted by Crippen LogP contribution is 2.29. The van der Waals surface area contributed by atoms with Gasteiger partial charge in [0.1, 0.15) is 10.7 Å². The molecule has 1 saturated heterocycles. The molecule has 5 aromatic rings. The minimum absolute atomic E-state index is 0.0199.